The van der Waals surface area contributed by atoms with Gasteiger partial charge in [0, 0.05) is 13.1 Å². The molecule has 0 unspecified atom stereocenters. The normalized spacial score (nSPS) is 14.8. The van der Waals surface area contributed by atoms with Gasteiger partial charge in [-0.05, 0) is 23.8 Å². The summed E-state index contributed by atoms with van der Waals surface area (Å²) in [6, 6.07) is 7.33. The summed E-state index contributed by atoms with van der Waals surface area (Å²) in [6.45, 7) is 2.56. The van der Waals surface area contributed by atoms with Crippen molar-refractivity contribution in [1.29, 1.82) is 0 Å². The highest BCUT2D eigenvalue weighted by molar-refractivity contribution is 7.88. The highest BCUT2D eigenvalue weighted by atomic mass is 32.2. The maximum Gasteiger partial charge on any atom is 0.216 e. The van der Waals surface area contributed by atoms with Crippen molar-refractivity contribution in [2.75, 3.05) is 6.54 Å². The van der Waals surface area contributed by atoms with Crippen LogP contribution in [-0.4, -0.2) is 24.7 Å². The van der Waals surface area contributed by atoms with E-state index in [4.69, 9.17) is 0 Å². The Bertz CT molecular complexity index is 732. The molecule has 0 radical (unpaired) electrons. The molecule has 2 heterocycles. The maximum atomic E-state index is 12.8. The molecular formula is C14H17FN4O2S. The van der Waals surface area contributed by atoms with Crippen LogP contribution in [0.15, 0.2) is 30.3 Å². The Hall–Kier alpha value is -1.77. The second-order valence-electron chi connectivity index (χ2n) is 5.23. The van der Waals surface area contributed by atoms with Crippen LogP contribution in [0.3, 0.4) is 0 Å². The second kappa shape index (κ2) is 6.15. The SMILES string of the molecule is O=S(=O)(Cc1ccc(F)cc1)NCc1cc2n(n1)CCNC2. The lowest BCUT2D eigenvalue weighted by molar-refractivity contribution is 0.473. The van der Waals surface area contributed by atoms with Gasteiger partial charge in [-0.1, -0.05) is 12.1 Å². The minimum absolute atomic E-state index is 0.156. The molecule has 0 saturated heterocycles. The molecule has 0 atom stereocenters. The minimum Gasteiger partial charge on any atom is -0.309 e. The van der Waals surface area contributed by atoms with Crippen molar-refractivity contribution < 1.29 is 12.8 Å². The first-order valence-corrected chi connectivity index (χ1v) is 8.65. The fourth-order valence-electron chi connectivity index (χ4n) is 2.37. The van der Waals surface area contributed by atoms with E-state index in [0.717, 1.165) is 25.3 Å². The summed E-state index contributed by atoms with van der Waals surface area (Å²) < 4.78 is 41.3. The fraction of sp³-hybridized carbons (Fsp3) is 0.357. The number of halogens is 1. The Balaban J connectivity index is 1.62. The average Bonchev–Trinajstić information content (AvgIpc) is 2.90. The van der Waals surface area contributed by atoms with Crippen molar-refractivity contribution in [3.63, 3.8) is 0 Å². The molecule has 3 rings (SSSR count). The van der Waals surface area contributed by atoms with E-state index < -0.39 is 10.0 Å². The first-order valence-electron chi connectivity index (χ1n) is 7.00. The van der Waals surface area contributed by atoms with Gasteiger partial charge in [0.1, 0.15) is 5.82 Å². The molecule has 0 amide bonds. The van der Waals surface area contributed by atoms with Gasteiger partial charge < -0.3 is 5.32 Å². The van der Waals surface area contributed by atoms with E-state index in [-0.39, 0.29) is 18.1 Å². The van der Waals surface area contributed by atoms with E-state index >= 15 is 0 Å². The van der Waals surface area contributed by atoms with Gasteiger partial charge in [0.25, 0.3) is 0 Å². The average molecular weight is 324 g/mol. The highest BCUT2D eigenvalue weighted by Gasteiger charge is 2.15. The molecule has 2 aromatic rings. The largest absolute Gasteiger partial charge is 0.309 e. The number of nitrogens with one attached hydrogen (secondary N) is 2. The van der Waals surface area contributed by atoms with Crippen LogP contribution >= 0.6 is 0 Å². The summed E-state index contributed by atoms with van der Waals surface area (Å²) >= 11 is 0. The molecule has 1 aliphatic heterocycles. The van der Waals surface area contributed by atoms with Crippen LogP contribution in [0.1, 0.15) is 17.0 Å². The van der Waals surface area contributed by atoms with Crippen molar-refractivity contribution in [3.8, 4) is 0 Å². The monoisotopic (exact) mass is 324 g/mol. The van der Waals surface area contributed by atoms with Gasteiger partial charge >= 0.3 is 0 Å². The number of fused-ring (bicyclic) bond motifs is 1. The van der Waals surface area contributed by atoms with Gasteiger partial charge in [0.15, 0.2) is 0 Å². The summed E-state index contributed by atoms with van der Waals surface area (Å²) in [5, 5.41) is 7.61. The lowest BCUT2D eigenvalue weighted by Gasteiger charge is -2.13. The lowest BCUT2D eigenvalue weighted by Crippen LogP contribution is -2.28. The summed E-state index contributed by atoms with van der Waals surface area (Å²) in [4.78, 5) is 0. The van der Waals surface area contributed by atoms with Gasteiger partial charge in [-0.2, -0.15) is 5.10 Å². The Morgan fingerprint density at radius 2 is 2.09 bits per heavy atom. The highest BCUT2D eigenvalue weighted by Crippen LogP contribution is 2.10. The van der Waals surface area contributed by atoms with Gasteiger partial charge in [0.2, 0.25) is 10.0 Å². The molecule has 0 saturated carbocycles. The van der Waals surface area contributed by atoms with E-state index in [1.165, 1.54) is 24.3 Å². The van der Waals surface area contributed by atoms with E-state index in [2.05, 4.69) is 15.1 Å². The molecule has 1 aromatic heterocycles. The predicted molar refractivity (Wildman–Crippen MR) is 79.8 cm³/mol. The number of aromatic nitrogens is 2. The topological polar surface area (TPSA) is 76.0 Å². The quantitative estimate of drug-likeness (QED) is 0.851. The zero-order valence-corrected chi connectivity index (χ0v) is 12.7. The summed E-state index contributed by atoms with van der Waals surface area (Å²) in [5.41, 5.74) is 2.29. The molecule has 22 heavy (non-hydrogen) atoms. The van der Waals surface area contributed by atoms with Crippen molar-refractivity contribution in [1.82, 2.24) is 19.8 Å². The van der Waals surface area contributed by atoms with Gasteiger partial charge in [0.05, 0.1) is 30.2 Å². The summed E-state index contributed by atoms with van der Waals surface area (Å²) in [7, 11) is -3.48. The predicted octanol–water partition coefficient (Wildman–Crippen LogP) is 0.745. The molecule has 0 fully saturated rings. The summed E-state index contributed by atoms with van der Waals surface area (Å²) in [5.74, 6) is -0.561. The Kier molecular flexibility index (Phi) is 4.23. The first-order chi connectivity index (χ1) is 10.5. The van der Waals surface area contributed by atoms with Crippen LogP contribution in [-0.2, 0) is 35.4 Å². The Morgan fingerprint density at radius 3 is 2.82 bits per heavy atom. The molecular weight excluding hydrogens is 307 g/mol. The van der Waals surface area contributed by atoms with Gasteiger partial charge in [-0.25, -0.2) is 17.5 Å². The van der Waals surface area contributed by atoms with Crippen molar-refractivity contribution in [2.45, 2.75) is 25.4 Å². The van der Waals surface area contributed by atoms with Crippen molar-refractivity contribution >= 4 is 10.0 Å². The van der Waals surface area contributed by atoms with Crippen molar-refractivity contribution in [2.24, 2.45) is 0 Å². The van der Waals surface area contributed by atoms with Crippen LogP contribution in [0, 0.1) is 5.82 Å². The molecule has 0 bridgehead atoms. The van der Waals surface area contributed by atoms with Crippen LogP contribution < -0.4 is 10.0 Å². The smallest absolute Gasteiger partial charge is 0.216 e. The van der Waals surface area contributed by atoms with Gasteiger partial charge in [-0.15, -0.1) is 0 Å². The fourth-order valence-corrected chi connectivity index (χ4v) is 3.47. The van der Waals surface area contributed by atoms with E-state index in [9.17, 15) is 12.8 Å². The van der Waals surface area contributed by atoms with Crippen LogP contribution in [0.25, 0.3) is 0 Å². The van der Waals surface area contributed by atoms with E-state index in [1.807, 2.05) is 10.7 Å². The van der Waals surface area contributed by atoms with Crippen LogP contribution in [0.2, 0.25) is 0 Å². The second-order valence-corrected chi connectivity index (χ2v) is 7.04. The van der Waals surface area contributed by atoms with Crippen LogP contribution in [0.4, 0.5) is 4.39 Å². The lowest BCUT2D eigenvalue weighted by atomic mass is 10.2. The Morgan fingerprint density at radius 1 is 1.32 bits per heavy atom. The molecule has 118 valence electrons. The van der Waals surface area contributed by atoms with E-state index in [1.54, 1.807) is 0 Å². The van der Waals surface area contributed by atoms with Gasteiger partial charge in [-0.3, -0.25) is 4.68 Å². The maximum absolute atomic E-state index is 12.8. The third-order valence-electron chi connectivity index (χ3n) is 3.46. The number of rotatable bonds is 5. The third kappa shape index (κ3) is 3.70. The molecule has 1 aromatic carbocycles. The Labute approximate surface area is 128 Å². The number of hydrogen-bond acceptors (Lipinski definition) is 4. The molecule has 6 nitrogen and oxygen atoms in total. The molecule has 0 spiro atoms. The number of sulfonamides is 1. The molecule has 2 N–H and O–H groups in total. The minimum atomic E-state index is -3.48. The van der Waals surface area contributed by atoms with E-state index in [0.29, 0.717) is 11.3 Å². The first kappa shape index (κ1) is 15.1. The van der Waals surface area contributed by atoms with Crippen LogP contribution in [0.5, 0.6) is 0 Å². The molecule has 1 aliphatic rings. The zero-order chi connectivity index (χ0) is 15.6. The molecule has 8 heteroatoms. The molecule has 0 aliphatic carbocycles. The summed E-state index contributed by atoms with van der Waals surface area (Å²) in [6.07, 6.45) is 0. The number of benzene rings is 1. The zero-order valence-electron chi connectivity index (χ0n) is 11.9. The standard InChI is InChI=1S/C14H17FN4O2S/c15-12-3-1-11(2-4-12)10-22(20,21)17-8-13-7-14-9-16-5-6-19(14)18-13/h1-4,7,16-17H,5-6,8-10H2. The number of hydrogen-bond donors (Lipinski definition) is 2. The number of nitrogens with zero attached hydrogens (tertiary/aromatic N) is 2. The third-order valence-corrected chi connectivity index (χ3v) is 4.76. The van der Waals surface area contributed by atoms with Crippen molar-refractivity contribution in [3.05, 3.63) is 53.1 Å².